The van der Waals surface area contributed by atoms with Crippen molar-refractivity contribution in [2.75, 3.05) is 5.32 Å². The molecule has 6 heteroatoms. The van der Waals surface area contributed by atoms with Crippen LogP contribution in [0.4, 0.5) is 10.1 Å². The monoisotopic (exact) mass is 313 g/mol. The van der Waals surface area contributed by atoms with E-state index in [2.05, 4.69) is 21.2 Å². The Morgan fingerprint density at radius 1 is 1.67 bits per heavy atom. The van der Waals surface area contributed by atoms with Gasteiger partial charge in [-0.2, -0.15) is 5.26 Å². The largest absolute Gasteiger partial charge is 0.371 e. The van der Waals surface area contributed by atoms with Crippen molar-refractivity contribution in [3.63, 3.8) is 0 Å². The Labute approximate surface area is 113 Å². The van der Waals surface area contributed by atoms with Crippen molar-refractivity contribution in [1.29, 1.82) is 5.26 Å². The minimum atomic E-state index is -0.621. The summed E-state index contributed by atoms with van der Waals surface area (Å²) >= 11 is 3.16. The van der Waals surface area contributed by atoms with Crippen molar-refractivity contribution in [2.24, 2.45) is 5.73 Å². The lowest BCUT2D eigenvalue weighted by atomic mass is 10.1. The van der Waals surface area contributed by atoms with Crippen LogP contribution in [-0.4, -0.2) is 11.9 Å². The molecule has 0 aliphatic heterocycles. The van der Waals surface area contributed by atoms with E-state index >= 15 is 0 Å². The zero-order valence-corrected chi connectivity index (χ0v) is 11.4. The average Bonchev–Trinajstić information content (AvgIpc) is 2.32. The molecule has 18 heavy (non-hydrogen) atoms. The van der Waals surface area contributed by atoms with Crippen molar-refractivity contribution in [2.45, 2.75) is 25.8 Å². The number of hydrogen-bond donors (Lipinski definition) is 2. The molecule has 0 heterocycles. The number of carbonyl (C=O) groups excluding carboxylic acids is 1. The number of rotatable bonds is 5. The molecular weight excluding hydrogens is 301 g/mol. The predicted octanol–water partition coefficient (Wildman–Crippen LogP) is 2.53. The molecule has 0 spiro atoms. The van der Waals surface area contributed by atoms with Crippen LogP contribution in [-0.2, 0) is 4.79 Å². The van der Waals surface area contributed by atoms with Gasteiger partial charge in [0.15, 0.2) is 0 Å². The fraction of sp³-hybridized carbons (Fsp3) is 0.333. The number of carbonyl (C=O) groups is 1. The van der Waals surface area contributed by atoms with Gasteiger partial charge < -0.3 is 11.1 Å². The van der Waals surface area contributed by atoms with Gasteiger partial charge in [0.1, 0.15) is 17.9 Å². The molecule has 3 N–H and O–H groups in total. The third-order valence-electron chi connectivity index (χ3n) is 2.43. The summed E-state index contributed by atoms with van der Waals surface area (Å²) in [6.45, 7) is 1.91. The molecule has 0 fully saturated rings. The lowest BCUT2D eigenvalue weighted by Gasteiger charge is -2.16. The van der Waals surface area contributed by atoms with E-state index in [-0.39, 0.29) is 11.3 Å². The van der Waals surface area contributed by atoms with Crippen LogP contribution in [0.5, 0.6) is 0 Å². The molecule has 1 unspecified atom stereocenters. The molecule has 96 valence electrons. The van der Waals surface area contributed by atoms with Gasteiger partial charge >= 0.3 is 0 Å². The number of benzene rings is 1. The van der Waals surface area contributed by atoms with Crippen LogP contribution in [0.2, 0.25) is 0 Å². The first-order chi connectivity index (χ1) is 8.49. The third-order valence-corrected chi connectivity index (χ3v) is 3.08. The molecular formula is C12H13BrFN3O. The molecule has 1 rings (SSSR count). The molecule has 0 radical (unpaired) electrons. The number of nitrogens with two attached hydrogens (primary N) is 1. The zero-order chi connectivity index (χ0) is 13.7. The van der Waals surface area contributed by atoms with Gasteiger partial charge in [-0.3, -0.25) is 4.79 Å². The average molecular weight is 314 g/mol. The summed E-state index contributed by atoms with van der Waals surface area (Å²) in [5, 5.41) is 11.5. The van der Waals surface area contributed by atoms with Crippen molar-refractivity contribution in [3.8, 4) is 6.07 Å². The summed E-state index contributed by atoms with van der Waals surface area (Å²) < 4.78 is 14.2. The number of nitriles is 1. The van der Waals surface area contributed by atoms with Crippen LogP contribution in [0, 0.1) is 17.1 Å². The highest BCUT2D eigenvalue weighted by Gasteiger charge is 2.17. The van der Waals surface area contributed by atoms with Gasteiger partial charge in [0.2, 0.25) is 5.91 Å². The highest BCUT2D eigenvalue weighted by molar-refractivity contribution is 9.10. The van der Waals surface area contributed by atoms with Crippen LogP contribution in [0.3, 0.4) is 0 Å². The number of nitrogens with zero attached hydrogens (tertiary/aromatic N) is 1. The lowest BCUT2D eigenvalue weighted by Crippen LogP contribution is -2.35. The number of nitrogens with one attached hydrogen (secondary N) is 1. The van der Waals surface area contributed by atoms with Crippen LogP contribution < -0.4 is 11.1 Å². The predicted molar refractivity (Wildman–Crippen MR) is 70.3 cm³/mol. The van der Waals surface area contributed by atoms with E-state index < -0.39 is 17.8 Å². The molecule has 0 aliphatic carbocycles. The Bertz CT molecular complexity index is 499. The van der Waals surface area contributed by atoms with E-state index in [1.807, 2.05) is 13.0 Å². The van der Waals surface area contributed by atoms with Gasteiger partial charge in [-0.15, -0.1) is 0 Å². The molecule has 0 aromatic heterocycles. The Hall–Kier alpha value is -1.61. The second-order valence-electron chi connectivity index (χ2n) is 3.81. The Morgan fingerprint density at radius 2 is 2.33 bits per heavy atom. The number of primary amides is 1. The van der Waals surface area contributed by atoms with Crippen LogP contribution in [0.15, 0.2) is 16.6 Å². The van der Waals surface area contributed by atoms with E-state index in [0.717, 1.165) is 12.5 Å². The topological polar surface area (TPSA) is 78.9 Å². The summed E-state index contributed by atoms with van der Waals surface area (Å²) in [4.78, 5) is 11.2. The molecule has 0 saturated heterocycles. The first-order valence-electron chi connectivity index (χ1n) is 5.44. The summed E-state index contributed by atoms with van der Waals surface area (Å²) in [6.07, 6.45) is 1.27. The van der Waals surface area contributed by atoms with E-state index in [0.29, 0.717) is 10.9 Å². The molecule has 1 aromatic rings. The Balaban J connectivity index is 3.00. The van der Waals surface area contributed by atoms with Gasteiger partial charge in [-0.25, -0.2) is 4.39 Å². The summed E-state index contributed by atoms with van der Waals surface area (Å²) in [7, 11) is 0. The second kappa shape index (κ2) is 6.36. The maximum absolute atomic E-state index is 13.7. The summed E-state index contributed by atoms with van der Waals surface area (Å²) in [5.41, 5.74) is 5.58. The second-order valence-corrected chi connectivity index (χ2v) is 4.67. The highest BCUT2D eigenvalue weighted by atomic mass is 79.9. The molecule has 0 aliphatic rings. The minimum absolute atomic E-state index is 0.151. The van der Waals surface area contributed by atoms with Crippen LogP contribution in [0.25, 0.3) is 0 Å². The highest BCUT2D eigenvalue weighted by Crippen LogP contribution is 2.25. The van der Waals surface area contributed by atoms with Crippen molar-refractivity contribution >= 4 is 27.5 Å². The van der Waals surface area contributed by atoms with Gasteiger partial charge in [-0.05, 0) is 34.5 Å². The molecule has 1 atom stereocenters. The maximum Gasteiger partial charge on any atom is 0.239 e. The number of amides is 1. The first-order valence-corrected chi connectivity index (χ1v) is 6.23. The van der Waals surface area contributed by atoms with E-state index in [4.69, 9.17) is 11.0 Å². The van der Waals surface area contributed by atoms with Gasteiger partial charge in [0.25, 0.3) is 0 Å². The zero-order valence-electron chi connectivity index (χ0n) is 9.84. The lowest BCUT2D eigenvalue weighted by molar-refractivity contribution is -0.118. The Kier molecular flexibility index (Phi) is 5.10. The Morgan fingerprint density at radius 3 is 2.83 bits per heavy atom. The van der Waals surface area contributed by atoms with Crippen LogP contribution >= 0.6 is 15.9 Å². The summed E-state index contributed by atoms with van der Waals surface area (Å²) in [5.74, 6) is -1.12. The maximum atomic E-state index is 13.7. The molecule has 1 amide bonds. The van der Waals surface area contributed by atoms with Gasteiger partial charge in [0, 0.05) is 4.47 Å². The molecule has 0 bridgehead atoms. The quantitative estimate of drug-likeness (QED) is 0.876. The van der Waals surface area contributed by atoms with Crippen molar-refractivity contribution < 1.29 is 9.18 Å². The normalized spacial score (nSPS) is 11.7. The van der Waals surface area contributed by atoms with E-state index in [9.17, 15) is 9.18 Å². The van der Waals surface area contributed by atoms with Gasteiger partial charge in [0.05, 0.1) is 11.3 Å². The fourth-order valence-electron chi connectivity index (χ4n) is 1.51. The number of halogens is 2. The van der Waals surface area contributed by atoms with E-state index in [1.54, 1.807) is 0 Å². The van der Waals surface area contributed by atoms with Crippen LogP contribution in [0.1, 0.15) is 25.3 Å². The molecule has 0 saturated carbocycles. The first kappa shape index (κ1) is 14.5. The molecule has 1 aromatic carbocycles. The summed E-state index contributed by atoms with van der Waals surface area (Å²) in [6, 6.07) is 3.77. The number of anilines is 1. The van der Waals surface area contributed by atoms with Gasteiger partial charge in [-0.1, -0.05) is 13.3 Å². The number of hydrogen-bond acceptors (Lipinski definition) is 3. The van der Waals surface area contributed by atoms with Crippen molar-refractivity contribution in [1.82, 2.24) is 0 Å². The van der Waals surface area contributed by atoms with E-state index in [1.165, 1.54) is 6.07 Å². The SMILES string of the molecule is CCCC(Nc1cc(Br)c(C#N)cc1F)C(N)=O. The third kappa shape index (κ3) is 3.44. The minimum Gasteiger partial charge on any atom is -0.371 e. The smallest absolute Gasteiger partial charge is 0.239 e. The standard InChI is InChI=1S/C12H13BrFN3O/c1-2-3-10(12(16)18)17-11-5-8(13)7(6-15)4-9(11)14/h4-5,10,17H,2-3H2,1H3,(H2,16,18). The van der Waals surface area contributed by atoms with Crippen molar-refractivity contribution in [3.05, 3.63) is 28.0 Å². The molecule has 4 nitrogen and oxygen atoms in total. The fourth-order valence-corrected chi connectivity index (χ4v) is 1.94.